The van der Waals surface area contributed by atoms with E-state index in [0.717, 1.165) is 18.7 Å². The number of nitrogens with two attached hydrogens (primary N) is 1. The molecule has 0 aromatic heterocycles. The zero-order chi connectivity index (χ0) is 12.0. The normalized spacial score (nSPS) is 12.8. The van der Waals surface area contributed by atoms with Gasteiger partial charge in [0.1, 0.15) is 5.75 Å². The minimum Gasteiger partial charge on any atom is -0.497 e. The molecule has 0 aliphatic rings. The van der Waals surface area contributed by atoms with Gasteiger partial charge in [-0.3, -0.25) is 0 Å². The molecule has 0 bridgehead atoms. The summed E-state index contributed by atoms with van der Waals surface area (Å²) in [6, 6.07) is 8.19. The Morgan fingerprint density at radius 3 is 2.31 bits per heavy atom. The SMILES string of the molecule is COc1ccc(C(CN)CCN(C)C)cc1. The highest BCUT2D eigenvalue weighted by molar-refractivity contribution is 5.29. The van der Waals surface area contributed by atoms with Crippen LogP contribution >= 0.6 is 0 Å². The van der Waals surface area contributed by atoms with E-state index in [2.05, 4.69) is 31.1 Å². The van der Waals surface area contributed by atoms with Crippen LogP contribution in [-0.4, -0.2) is 39.2 Å². The molecular formula is C13H22N2O. The number of hydrogen-bond donors (Lipinski definition) is 1. The van der Waals surface area contributed by atoms with Gasteiger partial charge in [0.25, 0.3) is 0 Å². The lowest BCUT2D eigenvalue weighted by Gasteiger charge is -2.18. The first kappa shape index (κ1) is 13.0. The Morgan fingerprint density at radius 2 is 1.88 bits per heavy atom. The summed E-state index contributed by atoms with van der Waals surface area (Å²) < 4.78 is 5.14. The average Bonchev–Trinajstić information content (AvgIpc) is 2.30. The van der Waals surface area contributed by atoms with E-state index in [-0.39, 0.29) is 0 Å². The lowest BCUT2D eigenvalue weighted by molar-refractivity contribution is 0.381. The van der Waals surface area contributed by atoms with Gasteiger partial charge in [-0.05, 0) is 57.2 Å². The number of ether oxygens (including phenoxy) is 1. The number of methoxy groups -OCH3 is 1. The number of nitrogens with zero attached hydrogens (tertiary/aromatic N) is 1. The Labute approximate surface area is 98.2 Å². The van der Waals surface area contributed by atoms with Gasteiger partial charge in [-0.1, -0.05) is 12.1 Å². The van der Waals surface area contributed by atoms with Crippen LogP contribution in [0.2, 0.25) is 0 Å². The van der Waals surface area contributed by atoms with Crippen LogP contribution in [0.3, 0.4) is 0 Å². The maximum absolute atomic E-state index is 5.81. The Kier molecular flexibility index (Phi) is 5.29. The van der Waals surface area contributed by atoms with Crippen LogP contribution in [0.5, 0.6) is 5.75 Å². The third-order valence-corrected chi connectivity index (χ3v) is 2.80. The Hall–Kier alpha value is -1.06. The summed E-state index contributed by atoms with van der Waals surface area (Å²) in [5.41, 5.74) is 7.11. The molecular weight excluding hydrogens is 200 g/mol. The van der Waals surface area contributed by atoms with Gasteiger partial charge in [-0.25, -0.2) is 0 Å². The minimum absolute atomic E-state index is 0.438. The maximum atomic E-state index is 5.81. The molecule has 1 aromatic rings. The first-order valence-electron chi connectivity index (χ1n) is 5.66. The van der Waals surface area contributed by atoms with Crippen molar-refractivity contribution in [1.82, 2.24) is 4.90 Å². The summed E-state index contributed by atoms with van der Waals surface area (Å²) in [6.07, 6.45) is 1.09. The molecule has 0 fully saturated rings. The fraction of sp³-hybridized carbons (Fsp3) is 0.538. The van der Waals surface area contributed by atoms with Gasteiger partial charge in [0.2, 0.25) is 0 Å². The van der Waals surface area contributed by atoms with Crippen LogP contribution in [0.25, 0.3) is 0 Å². The Morgan fingerprint density at radius 1 is 1.25 bits per heavy atom. The standard InChI is InChI=1S/C13H22N2O/c1-15(2)9-8-12(10-14)11-4-6-13(16-3)7-5-11/h4-7,12H,8-10,14H2,1-3H3. The molecule has 3 nitrogen and oxygen atoms in total. The minimum atomic E-state index is 0.438. The van der Waals surface area contributed by atoms with Crippen molar-refractivity contribution in [2.75, 3.05) is 34.3 Å². The van der Waals surface area contributed by atoms with Crippen molar-refractivity contribution < 1.29 is 4.74 Å². The summed E-state index contributed by atoms with van der Waals surface area (Å²) in [7, 11) is 5.85. The van der Waals surface area contributed by atoms with E-state index in [9.17, 15) is 0 Å². The van der Waals surface area contributed by atoms with Crippen LogP contribution in [0.4, 0.5) is 0 Å². The second-order valence-corrected chi connectivity index (χ2v) is 4.30. The van der Waals surface area contributed by atoms with Crippen molar-refractivity contribution >= 4 is 0 Å². The largest absolute Gasteiger partial charge is 0.497 e. The zero-order valence-corrected chi connectivity index (χ0v) is 10.4. The quantitative estimate of drug-likeness (QED) is 0.796. The van der Waals surface area contributed by atoms with Crippen LogP contribution in [0.15, 0.2) is 24.3 Å². The van der Waals surface area contributed by atoms with Gasteiger partial charge < -0.3 is 15.4 Å². The highest BCUT2D eigenvalue weighted by Crippen LogP contribution is 2.21. The zero-order valence-electron chi connectivity index (χ0n) is 10.4. The molecule has 0 saturated carbocycles. The molecule has 1 atom stereocenters. The third-order valence-electron chi connectivity index (χ3n) is 2.80. The van der Waals surface area contributed by atoms with Crippen molar-refractivity contribution in [3.63, 3.8) is 0 Å². The molecule has 1 aromatic carbocycles. The van der Waals surface area contributed by atoms with Crippen molar-refractivity contribution in [2.24, 2.45) is 5.73 Å². The van der Waals surface area contributed by atoms with Gasteiger partial charge in [-0.2, -0.15) is 0 Å². The van der Waals surface area contributed by atoms with E-state index in [1.165, 1.54) is 5.56 Å². The van der Waals surface area contributed by atoms with Crippen LogP contribution < -0.4 is 10.5 Å². The molecule has 90 valence electrons. The van der Waals surface area contributed by atoms with Crippen molar-refractivity contribution in [2.45, 2.75) is 12.3 Å². The number of benzene rings is 1. The molecule has 0 saturated heterocycles. The van der Waals surface area contributed by atoms with Crippen molar-refractivity contribution in [1.29, 1.82) is 0 Å². The van der Waals surface area contributed by atoms with E-state index >= 15 is 0 Å². The third kappa shape index (κ3) is 3.83. The summed E-state index contributed by atoms with van der Waals surface area (Å²) >= 11 is 0. The Bertz CT molecular complexity index is 295. The second kappa shape index (κ2) is 6.51. The molecule has 16 heavy (non-hydrogen) atoms. The second-order valence-electron chi connectivity index (χ2n) is 4.30. The van der Waals surface area contributed by atoms with Gasteiger partial charge >= 0.3 is 0 Å². The number of hydrogen-bond acceptors (Lipinski definition) is 3. The molecule has 0 spiro atoms. The van der Waals surface area contributed by atoms with Crippen molar-refractivity contribution in [3.8, 4) is 5.75 Å². The fourth-order valence-electron chi connectivity index (χ4n) is 1.71. The Balaban J connectivity index is 2.63. The van der Waals surface area contributed by atoms with Gasteiger partial charge in [0.15, 0.2) is 0 Å². The van der Waals surface area contributed by atoms with E-state index in [0.29, 0.717) is 12.5 Å². The summed E-state index contributed by atoms with van der Waals surface area (Å²) in [5.74, 6) is 1.33. The van der Waals surface area contributed by atoms with E-state index < -0.39 is 0 Å². The molecule has 0 aliphatic heterocycles. The lowest BCUT2D eigenvalue weighted by Crippen LogP contribution is -2.20. The topological polar surface area (TPSA) is 38.5 Å². The molecule has 0 amide bonds. The average molecular weight is 222 g/mol. The lowest BCUT2D eigenvalue weighted by atomic mass is 9.95. The van der Waals surface area contributed by atoms with Crippen LogP contribution in [0, 0.1) is 0 Å². The van der Waals surface area contributed by atoms with Gasteiger partial charge in [0, 0.05) is 0 Å². The van der Waals surface area contributed by atoms with Gasteiger partial charge in [0.05, 0.1) is 7.11 Å². The molecule has 1 unspecified atom stereocenters. The highest BCUT2D eigenvalue weighted by atomic mass is 16.5. The van der Waals surface area contributed by atoms with E-state index in [4.69, 9.17) is 10.5 Å². The van der Waals surface area contributed by atoms with Crippen molar-refractivity contribution in [3.05, 3.63) is 29.8 Å². The fourth-order valence-corrected chi connectivity index (χ4v) is 1.71. The van der Waals surface area contributed by atoms with Crippen LogP contribution in [-0.2, 0) is 0 Å². The summed E-state index contributed by atoms with van der Waals surface area (Å²) in [5, 5.41) is 0. The summed E-state index contributed by atoms with van der Waals surface area (Å²) in [4.78, 5) is 2.19. The highest BCUT2D eigenvalue weighted by Gasteiger charge is 2.09. The van der Waals surface area contributed by atoms with E-state index in [1.54, 1.807) is 7.11 Å². The van der Waals surface area contributed by atoms with Crippen LogP contribution in [0.1, 0.15) is 17.9 Å². The molecule has 0 radical (unpaired) electrons. The predicted molar refractivity (Wildman–Crippen MR) is 68.0 cm³/mol. The molecule has 0 aliphatic carbocycles. The first-order valence-corrected chi connectivity index (χ1v) is 5.66. The maximum Gasteiger partial charge on any atom is 0.118 e. The molecule has 3 heteroatoms. The smallest absolute Gasteiger partial charge is 0.118 e. The monoisotopic (exact) mass is 222 g/mol. The molecule has 2 N–H and O–H groups in total. The predicted octanol–water partition coefficient (Wildman–Crippen LogP) is 1.69. The van der Waals surface area contributed by atoms with Gasteiger partial charge in [-0.15, -0.1) is 0 Å². The molecule has 0 heterocycles. The number of rotatable bonds is 6. The van der Waals surface area contributed by atoms with E-state index in [1.807, 2.05) is 12.1 Å². The summed E-state index contributed by atoms with van der Waals surface area (Å²) in [6.45, 7) is 1.76. The first-order chi connectivity index (χ1) is 7.67. The molecule has 1 rings (SSSR count).